The predicted octanol–water partition coefficient (Wildman–Crippen LogP) is 1.62. The van der Waals surface area contributed by atoms with Crippen molar-refractivity contribution >= 4 is 26.9 Å². The number of benzene rings is 2. The SMILES string of the molecule is Nc1ccc(S(=O)(=O)c2ccc([N+](=O)[O-])cc2[N+](=O)[O-])c(O)c1. The molecule has 0 aliphatic rings. The molecule has 10 nitrogen and oxygen atoms in total. The molecule has 120 valence electrons. The Labute approximate surface area is 129 Å². The number of hydrogen-bond donors (Lipinski definition) is 2. The van der Waals surface area contributed by atoms with Crippen LogP contribution in [0.1, 0.15) is 0 Å². The molecule has 0 spiro atoms. The molecule has 0 unspecified atom stereocenters. The largest absolute Gasteiger partial charge is 0.506 e. The molecule has 0 fully saturated rings. The number of nitrogen functional groups attached to an aromatic ring is 1. The average molecular weight is 339 g/mol. The Hall–Kier alpha value is -3.21. The molecule has 0 amide bonds. The van der Waals surface area contributed by atoms with Gasteiger partial charge < -0.3 is 10.8 Å². The van der Waals surface area contributed by atoms with Gasteiger partial charge in [-0.15, -0.1) is 0 Å². The molecule has 0 bridgehead atoms. The van der Waals surface area contributed by atoms with E-state index in [1.807, 2.05) is 0 Å². The third kappa shape index (κ3) is 2.89. The van der Waals surface area contributed by atoms with Crippen LogP contribution in [0.15, 0.2) is 46.2 Å². The van der Waals surface area contributed by atoms with Crippen LogP contribution in [0.4, 0.5) is 17.1 Å². The van der Waals surface area contributed by atoms with Crippen LogP contribution in [0.25, 0.3) is 0 Å². The van der Waals surface area contributed by atoms with Gasteiger partial charge in [-0.2, -0.15) is 0 Å². The van der Waals surface area contributed by atoms with E-state index in [1.165, 1.54) is 6.07 Å². The second kappa shape index (κ2) is 5.53. The van der Waals surface area contributed by atoms with Crippen molar-refractivity contribution in [2.75, 3.05) is 5.73 Å². The van der Waals surface area contributed by atoms with Gasteiger partial charge in [0.1, 0.15) is 15.5 Å². The Kier molecular flexibility index (Phi) is 3.89. The van der Waals surface area contributed by atoms with Gasteiger partial charge in [0.15, 0.2) is 0 Å². The standard InChI is InChI=1S/C12H9N3O7S/c13-7-1-3-12(10(16)5-7)23(21,22)11-4-2-8(14(17)18)6-9(11)15(19)20/h1-6,16H,13H2. The number of nitrogens with two attached hydrogens (primary N) is 1. The molecule has 23 heavy (non-hydrogen) atoms. The van der Waals surface area contributed by atoms with Crippen LogP contribution in [0.3, 0.4) is 0 Å². The van der Waals surface area contributed by atoms with Crippen LogP contribution in [0.5, 0.6) is 5.75 Å². The van der Waals surface area contributed by atoms with Gasteiger partial charge in [0, 0.05) is 17.8 Å². The molecule has 0 saturated carbocycles. The normalized spacial score (nSPS) is 11.1. The van der Waals surface area contributed by atoms with Gasteiger partial charge in [-0.3, -0.25) is 20.2 Å². The fraction of sp³-hybridized carbons (Fsp3) is 0. The number of nitrogens with zero attached hydrogens (tertiary/aromatic N) is 2. The number of non-ortho nitro benzene ring substituents is 1. The number of phenolic OH excluding ortho intramolecular Hbond substituents is 1. The lowest BCUT2D eigenvalue weighted by Crippen LogP contribution is -2.07. The van der Waals surface area contributed by atoms with E-state index >= 15 is 0 Å². The smallest absolute Gasteiger partial charge is 0.295 e. The minimum atomic E-state index is -4.47. The molecule has 0 saturated heterocycles. The van der Waals surface area contributed by atoms with Crippen molar-refractivity contribution in [1.29, 1.82) is 0 Å². The average Bonchev–Trinajstić information content (AvgIpc) is 2.45. The first-order valence-corrected chi connectivity index (χ1v) is 7.39. The highest BCUT2D eigenvalue weighted by atomic mass is 32.2. The number of rotatable bonds is 4. The molecule has 11 heteroatoms. The summed E-state index contributed by atoms with van der Waals surface area (Å²) in [6, 6.07) is 5.29. The Morgan fingerprint density at radius 3 is 2.09 bits per heavy atom. The molecule has 0 aliphatic carbocycles. The maximum absolute atomic E-state index is 12.5. The predicted molar refractivity (Wildman–Crippen MR) is 77.7 cm³/mol. The van der Waals surface area contributed by atoms with Gasteiger partial charge in [0.2, 0.25) is 9.84 Å². The molecule has 0 aliphatic heterocycles. The zero-order valence-electron chi connectivity index (χ0n) is 11.2. The summed E-state index contributed by atoms with van der Waals surface area (Å²) >= 11 is 0. The summed E-state index contributed by atoms with van der Waals surface area (Å²) in [7, 11) is -4.47. The Balaban J connectivity index is 2.73. The third-order valence-electron chi connectivity index (χ3n) is 2.91. The maximum atomic E-state index is 12.5. The summed E-state index contributed by atoms with van der Waals surface area (Å²) in [4.78, 5) is 18.4. The molecule has 2 rings (SSSR count). The minimum Gasteiger partial charge on any atom is -0.506 e. The summed E-state index contributed by atoms with van der Waals surface area (Å²) in [5.74, 6) is -0.683. The number of aromatic hydroxyl groups is 1. The fourth-order valence-electron chi connectivity index (χ4n) is 1.87. The molecule has 3 N–H and O–H groups in total. The fourth-order valence-corrected chi connectivity index (χ4v) is 3.34. The first kappa shape index (κ1) is 16.2. The highest BCUT2D eigenvalue weighted by Crippen LogP contribution is 2.36. The zero-order chi connectivity index (χ0) is 17.4. The number of nitro groups is 2. The van der Waals surface area contributed by atoms with E-state index < -0.39 is 46.6 Å². The van der Waals surface area contributed by atoms with E-state index in [1.54, 1.807) is 0 Å². The molecule has 0 atom stereocenters. The Bertz CT molecular complexity index is 924. The lowest BCUT2D eigenvalue weighted by molar-refractivity contribution is -0.396. The highest BCUT2D eigenvalue weighted by molar-refractivity contribution is 7.91. The Morgan fingerprint density at radius 2 is 1.57 bits per heavy atom. The topological polar surface area (TPSA) is 167 Å². The van der Waals surface area contributed by atoms with Crippen molar-refractivity contribution in [2.24, 2.45) is 0 Å². The van der Waals surface area contributed by atoms with E-state index in [0.717, 1.165) is 24.3 Å². The number of sulfone groups is 1. The van der Waals surface area contributed by atoms with E-state index in [2.05, 4.69) is 0 Å². The van der Waals surface area contributed by atoms with Crippen LogP contribution in [-0.2, 0) is 9.84 Å². The van der Waals surface area contributed by atoms with E-state index in [-0.39, 0.29) is 5.69 Å². The van der Waals surface area contributed by atoms with E-state index in [4.69, 9.17) is 5.73 Å². The van der Waals surface area contributed by atoms with Crippen molar-refractivity contribution < 1.29 is 23.4 Å². The Morgan fingerprint density at radius 1 is 0.957 bits per heavy atom. The number of phenols is 1. The molecule has 0 aromatic heterocycles. The lowest BCUT2D eigenvalue weighted by atomic mass is 10.3. The number of anilines is 1. The monoisotopic (exact) mass is 339 g/mol. The van der Waals surface area contributed by atoms with Gasteiger partial charge in [0.25, 0.3) is 11.4 Å². The van der Waals surface area contributed by atoms with E-state index in [0.29, 0.717) is 6.07 Å². The minimum absolute atomic E-state index is 0.0969. The zero-order valence-corrected chi connectivity index (χ0v) is 12.1. The number of hydrogen-bond acceptors (Lipinski definition) is 8. The van der Waals surface area contributed by atoms with Crippen molar-refractivity contribution in [2.45, 2.75) is 9.79 Å². The van der Waals surface area contributed by atoms with Crippen molar-refractivity contribution in [3.8, 4) is 5.75 Å². The second-order valence-corrected chi connectivity index (χ2v) is 6.28. The second-order valence-electron chi connectivity index (χ2n) is 4.40. The maximum Gasteiger partial charge on any atom is 0.295 e. The van der Waals surface area contributed by atoms with Gasteiger partial charge in [-0.05, 0) is 18.2 Å². The molecule has 0 radical (unpaired) electrons. The molecule has 0 heterocycles. The molecular formula is C12H9N3O7S. The summed E-state index contributed by atoms with van der Waals surface area (Å²) in [6.07, 6.45) is 0. The van der Waals surface area contributed by atoms with Crippen molar-refractivity contribution in [3.63, 3.8) is 0 Å². The third-order valence-corrected chi connectivity index (χ3v) is 4.76. The van der Waals surface area contributed by atoms with Crippen LogP contribution < -0.4 is 5.73 Å². The summed E-state index contributed by atoms with van der Waals surface area (Å²) in [5.41, 5.74) is 3.91. The first-order valence-electron chi connectivity index (χ1n) is 5.91. The molecule has 2 aromatic rings. The summed E-state index contributed by atoms with van der Waals surface area (Å²) in [5, 5.41) is 31.5. The quantitative estimate of drug-likeness (QED) is 0.481. The molecule has 2 aromatic carbocycles. The molecular weight excluding hydrogens is 330 g/mol. The van der Waals surface area contributed by atoms with Crippen LogP contribution in [0.2, 0.25) is 0 Å². The van der Waals surface area contributed by atoms with Crippen LogP contribution in [0, 0.1) is 20.2 Å². The van der Waals surface area contributed by atoms with Gasteiger partial charge in [-0.25, -0.2) is 8.42 Å². The van der Waals surface area contributed by atoms with Crippen LogP contribution in [-0.4, -0.2) is 23.4 Å². The van der Waals surface area contributed by atoms with Crippen molar-refractivity contribution in [1.82, 2.24) is 0 Å². The van der Waals surface area contributed by atoms with Gasteiger partial charge in [-0.1, -0.05) is 0 Å². The van der Waals surface area contributed by atoms with Crippen LogP contribution >= 0.6 is 0 Å². The van der Waals surface area contributed by atoms with Crippen molar-refractivity contribution in [3.05, 3.63) is 56.6 Å². The highest BCUT2D eigenvalue weighted by Gasteiger charge is 2.31. The van der Waals surface area contributed by atoms with E-state index in [9.17, 15) is 33.8 Å². The first-order chi connectivity index (χ1) is 10.6. The van der Waals surface area contributed by atoms with Gasteiger partial charge >= 0.3 is 0 Å². The number of nitro benzene ring substituents is 2. The summed E-state index contributed by atoms with van der Waals surface area (Å²) < 4.78 is 25.0. The summed E-state index contributed by atoms with van der Waals surface area (Å²) in [6.45, 7) is 0. The lowest BCUT2D eigenvalue weighted by Gasteiger charge is -2.08. The van der Waals surface area contributed by atoms with Gasteiger partial charge in [0.05, 0.1) is 15.9 Å².